The average Bonchev–Trinajstić information content (AvgIpc) is 2.64. The number of rotatable bonds is 0. The lowest BCUT2D eigenvalue weighted by atomic mass is 10.1. The van der Waals surface area contributed by atoms with Gasteiger partial charge in [-0.2, -0.15) is 0 Å². The summed E-state index contributed by atoms with van der Waals surface area (Å²) in [6, 6.07) is 12.3. The number of hydrogen-bond acceptors (Lipinski definition) is 1. The van der Waals surface area contributed by atoms with Crippen LogP contribution in [-0.2, 0) is 0 Å². The van der Waals surface area contributed by atoms with E-state index in [9.17, 15) is 0 Å². The second-order valence-corrected chi connectivity index (χ2v) is 4.52. The Balaban J connectivity index is 2.66. The van der Waals surface area contributed by atoms with Crippen molar-refractivity contribution in [1.29, 1.82) is 0 Å². The predicted molar refractivity (Wildman–Crippen MR) is 66.2 cm³/mol. The molecule has 0 N–H and O–H groups in total. The lowest BCUT2D eigenvalue weighted by Gasteiger charge is -1.96. The monoisotopic (exact) mass is 260 g/mol. The van der Waals surface area contributed by atoms with Gasteiger partial charge in [-0.1, -0.05) is 24.3 Å². The Bertz CT molecular complexity index is 652. The molecule has 0 saturated carbocycles. The second-order valence-electron chi connectivity index (χ2n) is 3.67. The van der Waals surface area contributed by atoms with Gasteiger partial charge in [0.25, 0.3) is 0 Å². The molecule has 0 aliphatic rings. The van der Waals surface area contributed by atoms with Crippen LogP contribution in [0.1, 0.15) is 5.56 Å². The first-order valence-electron chi connectivity index (χ1n) is 4.84. The van der Waals surface area contributed by atoms with E-state index >= 15 is 0 Å². The Hall–Kier alpha value is -1.28. The maximum Gasteiger partial charge on any atom is 0.149 e. The quantitative estimate of drug-likeness (QED) is 0.573. The first-order valence-corrected chi connectivity index (χ1v) is 5.63. The summed E-state index contributed by atoms with van der Waals surface area (Å²) >= 11 is 3.52. The van der Waals surface area contributed by atoms with E-state index in [1.807, 2.05) is 24.3 Å². The van der Waals surface area contributed by atoms with Gasteiger partial charge in [0.1, 0.15) is 11.2 Å². The highest BCUT2D eigenvalue weighted by atomic mass is 79.9. The van der Waals surface area contributed by atoms with Gasteiger partial charge in [0, 0.05) is 10.8 Å². The van der Waals surface area contributed by atoms with Gasteiger partial charge in [-0.05, 0) is 40.5 Å². The van der Waals surface area contributed by atoms with Crippen LogP contribution < -0.4 is 0 Å². The van der Waals surface area contributed by atoms with Crippen molar-refractivity contribution in [3.63, 3.8) is 0 Å². The minimum Gasteiger partial charge on any atom is -0.455 e. The Morgan fingerprint density at radius 1 is 1.07 bits per heavy atom. The number of benzene rings is 2. The SMILES string of the molecule is Cc1ccc(Br)c2oc3ccccc3c12. The smallest absolute Gasteiger partial charge is 0.149 e. The molecule has 0 spiro atoms. The summed E-state index contributed by atoms with van der Waals surface area (Å²) in [5.74, 6) is 0. The van der Waals surface area contributed by atoms with Gasteiger partial charge < -0.3 is 4.42 Å². The van der Waals surface area contributed by atoms with Crippen molar-refractivity contribution in [2.45, 2.75) is 6.92 Å². The third kappa shape index (κ3) is 1.21. The van der Waals surface area contributed by atoms with E-state index in [1.54, 1.807) is 0 Å². The van der Waals surface area contributed by atoms with E-state index in [-0.39, 0.29) is 0 Å². The second kappa shape index (κ2) is 3.11. The Morgan fingerprint density at radius 2 is 1.87 bits per heavy atom. The summed E-state index contributed by atoms with van der Waals surface area (Å²) < 4.78 is 6.83. The fraction of sp³-hybridized carbons (Fsp3) is 0.0769. The van der Waals surface area contributed by atoms with Gasteiger partial charge in [-0.25, -0.2) is 0 Å². The Kier molecular flexibility index (Phi) is 1.86. The zero-order chi connectivity index (χ0) is 10.4. The normalized spacial score (nSPS) is 11.3. The van der Waals surface area contributed by atoms with Gasteiger partial charge in [-0.3, -0.25) is 0 Å². The molecule has 1 heterocycles. The standard InChI is InChI=1S/C13H9BrO/c1-8-6-7-10(14)13-12(8)9-4-2-3-5-11(9)15-13/h2-7H,1H3. The fourth-order valence-corrected chi connectivity index (χ4v) is 2.37. The summed E-state index contributed by atoms with van der Waals surface area (Å²) in [5, 5.41) is 2.39. The first kappa shape index (κ1) is 8.98. The third-order valence-electron chi connectivity index (χ3n) is 2.69. The molecule has 0 fully saturated rings. The first-order chi connectivity index (χ1) is 7.27. The summed E-state index contributed by atoms with van der Waals surface area (Å²) in [7, 11) is 0. The number of halogens is 1. The van der Waals surface area contributed by atoms with Crippen LogP contribution in [0.15, 0.2) is 45.3 Å². The molecule has 2 aromatic carbocycles. The van der Waals surface area contributed by atoms with Crippen LogP contribution in [0, 0.1) is 6.92 Å². The van der Waals surface area contributed by atoms with E-state index in [0.717, 1.165) is 15.6 Å². The van der Waals surface area contributed by atoms with E-state index in [0.29, 0.717) is 0 Å². The zero-order valence-electron chi connectivity index (χ0n) is 8.25. The topological polar surface area (TPSA) is 13.1 Å². The van der Waals surface area contributed by atoms with Crippen LogP contribution in [0.5, 0.6) is 0 Å². The molecule has 2 heteroatoms. The van der Waals surface area contributed by atoms with Gasteiger partial charge in [-0.15, -0.1) is 0 Å². The van der Waals surface area contributed by atoms with E-state index in [1.165, 1.54) is 16.3 Å². The highest BCUT2D eigenvalue weighted by Crippen LogP contribution is 2.35. The van der Waals surface area contributed by atoms with Crippen LogP contribution >= 0.6 is 15.9 Å². The number of fused-ring (bicyclic) bond motifs is 3. The molecule has 0 radical (unpaired) electrons. The number of para-hydroxylation sites is 1. The molecule has 0 amide bonds. The minimum absolute atomic E-state index is 0.941. The lowest BCUT2D eigenvalue weighted by Crippen LogP contribution is -1.74. The molecule has 3 rings (SSSR count). The Labute approximate surface area is 95.8 Å². The van der Waals surface area contributed by atoms with Crippen LogP contribution in [0.25, 0.3) is 21.9 Å². The summed E-state index contributed by atoms with van der Waals surface area (Å²) in [5.41, 5.74) is 3.14. The summed E-state index contributed by atoms with van der Waals surface area (Å²) in [6.45, 7) is 2.11. The minimum atomic E-state index is 0.941. The molecular weight excluding hydrogens is 252 g/mol. The summed E-state index contributed by atoms with van der Waals surface area (Å²) in [6.07, 6.45) is 0. The molecule has 1 aromatic heterocycles. The highest BCUT2D eigenvalue weighted by molar-refractivity contribution is 9.10. The number of hydrogen-bond donors (Lipinski definition) is 0. The lowest BCUT2D eigenvalue weighted by molar-refractivity contribution is 0.666. The molecule has 0 atom stereocenters. The molecule has 1 nitrogen and oxygen atoms in total. The molecule has 74 valence electrons. The van der Waals surface area contributed by atoms with Crippen molar-refractivity contribution >= 4 is 37.9 Å². The van der Waals surface area contributed by atoms with Crippen molar-refractivity contribution in [3.8, 4) is 0 Å². The molecular formula is C13H9BrO. The maximum absolute atomic E-state index is 5.82. The molecule has 0 unspecified atom stereocenters. The van der Waals surface area contributed by atoms with E-state index in [4.69, 9.17) is 4.42 Å². The van der Waals surface area contributed by atoms with Gasteiger partial charge in [0.15, 0.2) is 0 Å². The molecule has 0 aliphatic heterocycles. The van der Waals surface area contributed by atoms with Crippen LogP contribution in [-0.4, -0.2) is 0 Å². The predicted octanol–water partition coefficient (Wildman–Crippen LogP) is 4.66. The largest absolute Gasteiger partial charge is 0.455 e. The molecule has 0 aliphatic carbocycles. The number of furan rings is 1. The van der Waals surface area contributed by atoms with Crippen molar-refractivity contribution in [2.75, 3.05) is 0 Å². The average molecular weight is 261 g/mol. The van der Waals surface area contributed by atoms with Gasteiger partial charge >= 0.3 is 0 Å². The molecule has 0 saturated heterocycles. The van der Waals surface area contributed by atoms with Crippen LogP contribution in [0.3, 0.4) is 0 Å². The van der Waals surface area contributed by atoms with Crippen molar-refractivity contribution in [2.24, 2.45) is 0 Å². The van der Waals surface area contributed by atoms with Gasteiger partial charge in [0.2, 0.25) is 0 Å². The van der Waals surface area contributed by atoms with E-state index < -0.39 is 0 Å². The molecule has 3 aromatic rings. The molecule has 0 bridgehead atoms. The molecule has 15 heavy (non-hydrogen) atoms. The highest BCUT2D eigenvalue weighted by Gasteiger charge is 2.10. The van der Waals surface area contributed by atoms with Crippen LogP contribution in [0.4, 0.5) is 0 Å². The number of aryl methyl sites for hydroxylation is 1. The van der Waals surface area contributed by atoms with Gasteiger partial charge in [0.05, 0.1) is 4.47 Å². The van der Waals surface area contributed by atoms with Crippen molar-refractivity contribution < 1.29 is 4.42 Å². The summed E-state index contributed by atoms with van der Waals surface area (Å²) in [4.78, 5) is 0. The van der Waals surface area contributed by atoms with Crippen molar-refractivity contribution in [1.82, 2.24) is 0 Å². The van der Waals surface area contributed by atoms with Crippen LogP contribution in [0.2, 0.25) is 0 Å². The van der Waals surface area contributed by atoms with Crippen molar-refractivity contribution in [3.05, 3.63) is 46.4 Å². The third-order valence-corrected chi connectivity index (χ3v) is 3.31. The fourth-order valence-electron chi connectivity index (χ4n) is 1.96. The maximum atomic E-state index is 5.82. The Morgan fingerprint density at radius 3 is 2.73 bits per heavy atom. The van der Waals surface area contributed by atoms with E-state index in [2.05, 4.69) is 35.0 Å². The zero-order valence-corrected chi connectivity index (χ0v) is 9.84.